The van der Waals surface area contributed by atoms with Gasteiger partial charge >= 0.3 is 0 Å². The fourth-order valence-electron chi connectivity index (χ4n) is 2.41. The van der Waals surface area contributed by atoms with Gasteiger partial charge in [0.1, 0.15) is 5.60 Å². The molecule has 3 rings (SSSR count). The lowest BCUT2D eigenvalue weighted by Gasteiger charge is -2.15. The van der Waals surface area contributed by atoms with Crippen LogP contribution in [-0.2, 0) is 22.6 Å². The average Bonchev–Trinajstić information content (AvgIpc) is 3.31. The van der Waals surface area contributed by atoms with Crippen molar-refractivity contribution in [2.45, 2.75) is 31.5 Å². The van der Waals surface area contributed by atoms with Crippen molar-refractivity contribution in [3.8, 4) is 0 Å². The van der Waals surface area contributed by atoms with Crippen LogP contribution in [0.2, 0.25) is 0 Å². The molecule has 1 aliphatic carbocycles. The van der Waals surface area contributed by atoms with E-state index in [1.807, 2.05) is 30.3 Å². The van der Waals surface area contributed by atoms with E-state index in [4.69, 9.17) is 4.74 Å². The van der Waals surface area contributed by atoms with E-state index in [-0.39, 0.29) is 12.2 Å². The van der Waals surface area contributed by atoms with Gasteiger partial charge in [0.25, 0.3) is 0 Å². The van der Waals surface area contributed by atoms with Gasteiger partial charge in [-0.15, -0.1) is 0 Å². The summed E-state index contributed by atoms with van der Waals surface area (Å²) in [7, 11) is 0. The van der Waals surface area contributed by atoms with Gasteiger partial charge in [-0.1, -0.05) is 36.4 Å². The molecule has 0 saturated heterocycles. The smallest absolute Gasteiger partial charge is 0.168 e. The van der Waals surface area contributed by atoms with Crippen LogP contribution in [-0.4, -0.2) is 11.4 Å². The molecule has 0 aromatic heterocycles. The molecule has 0 unspecified atom stereocenters. The number of hydrogen-bond donors (Lipinski definition) is 0. The Kier molecular flexibility index (Phi) is 4.03. The largest absolute Gasteiger partial charge is 0.363 e. The average molecular weight is 302 g/mol. The maximum Gasteiger partial charge on any atom is 0.168 e. The Balaban J connectivity index is 1.62. The molecule has 0 atom stereocenters. The summed E-state index contributed by atoms with van der Waals surface area (Å²) >= 11 is 0. The summed E-state index contributed by atoms with van der Waals surface area (Å²) in [5, 5.41) is 0. The second-order valence-corrected chi connectivity index (χ2v) is 5.62. The van der Waals surface area contributed by atoms with Crippen LogP contribution in [0.5, 0.6) is 0 Å². The van der Waals surface area contributed by atoms with Gasteiger partial charge < -0.3 is 4.74 Å². The van der Waals surface area contributed by atoms with E-state index in [1.165, 1.54) is 6.07 Å². The molecule has 22 heavy (non-hydrogen) atoms. The first-order chi connectivity index (χ1) is 10.6. The zero-order valence-corrected chi connectivity index (χ0v) is 12.0. The maximum absolute atomic E-state index is 13.2. The normalized spacial score (nSPS) is 15.5. The van der Waals surface area contributed by atoms with Gasteiger partial charge in [0.2, 0.25) is 0 Å². The predicted molar refractivity (Wildman–Crippen MR) is 78.3 cm³/mol. The topological polar surface area (TPSA) is 26.3 Å². The fraction of sp³-hybridized carbons (Fsp3) is 0.278. The number of rotatable bonds is 6. The molecule has 0 spiro atoms. The molecule has 0 bridgehead atoms. The van der Waals surface area contributed by atoms with E-state index in [0.29, 0.717) is 25.0 Å². The molecular formula is C18H16F2O2. The van der Waals surface area contributed by atoms with Crippen molar-refractivity contribution in [1.82, 2.24) is 0 Å². The third-order valence-electron chi connectivity index (χ3n) is 3.92. The Bertz CT molecular complexity index is 679. The quantitative estimate of drug-likeness (QED) is 0.810. The van der Waals surface area contributed by atoms with Gasteiger partial charge in [0.05, 0.1) is 6.61 Å². The monoisotopic (exact) mass is 302 g/mol. The second kappa shape index (κ2) is 5.97. The Labute approximate surface area is 127 Å². The molecule has 4 heteroatoms. The predicted octanol–water partition coefficient (Wildman–Crippen LogP) is 3.83. The van der Waals surface area contributed by atoms with Crippen LogP contribution < -0.4 is 0 Å². The number of hydrogen-bond acceptors (Lipinski definition) is 2. The summed E-state index contributed by atoms with van der Waals surface area (Å²) in [6.45, 7) is 0.379. The van der Waals surface area contributed by atoms with E-state index in [0.717, 1.165) is 17.7 Å². The second-order valence-electron chi connectivity index (χ2n) is 5.62. The SMILES string of the molecule is O=C(Cc1ccc(F)c(F)c1)C1(OCc2ccccc2)CC1. The lowest BCUT2D eigenvalue weighted by atomic mass is 10.0. The minimum atomic E-state index is -0.930. The molecule has 2 aromatic rings. The Morgan fingerprint density at radius 2 is 1.73 bits per heavy atom. The van der Waals surface area contributed by atoms with Gasteiger partial charge in [-0.3, -0.25) is 4.79 Å². The van der Waals surface area contributed by atoms with E-state index in [1.54, 1.807) is 0 Å². The van der Waals surface area contributed by atoms with E-state index >= 15 is 0 Å². The maximum atomic E-state index is 13.2. The van der Waals surface area contributed by atoms with Gasteiger partial charge in [0, 0.05) is 6.42 Å². The third kappa shape index (κ3) is 3.22. The highest BCUT2D eigenvalue weighted by Gasteiger charge is 2.50. The van der Waals surface area contributed by atoms with E-state index in [9.17, 15) is 13.6 Å². The highest BCUT2D eigenvalue weighted by Crippen LogP contribution is 2.42. The van der Waals surface area contributed by atoms with Gasteiger partial charge in [-0.2, -0.15) is 0 Å². The van der Waals surface area contributed by atoms with Crippen molar-refractivity contribution in [1.29, 1.82) is 0 Å². The Morgan fingerprint density at radius 1 is 1.00 bits per heavy atom. The number of carbonyl (C=O) groups excluding carboxylic acids is 1. The minimum Gasteiger partial charge on any atom is -0.363 e. The van der Waals surface area contributed by atoms with E-state index in [2.05, 4.69) is 0 Å². The molecule has 114 valence electrons. The standard InChI is InChI=1S/C18H16F2O2/c19-15-7-6-14(10-16(15)20)11-17(21)18(8-9-18)22-12-13-4-2-1-3-5-13/h1-7,10H,8-9,11-12H2. The Morgan fingerprint density at radius 3 is 2.36 bits per heavy atom. The van der Waals surface area contributed by atoms with Crippen molar-refractivity contribution >= 4 is 5.78 Å². The van der Waals surface area contributed by atoms with Crippen LogP contribution >= 0.6 is 0 Å². The van der Waals surface area contributed by atoms with Crippen molar-refractivity contribution in [3.05, 3.63) is 71.3 Å². The third-order valence-corrected chi connectivity index (χ3v) is 3.92. The van der Waals surface area contributed by atoms with Crippen LogP contribution in [0.3, 0.4) is 0 Å². The molecule has 0 heterocycles. The molecule has 1 saturated carbocycles. The first-order valence-corrected chi connectivity index (χ1v) is 7.24. The lowest BCUT2D eigenvalue weighted by molar-refractivity contribution is -0.133. The highest BCUT2D eigenvalue weighted by atomic mass is 19.2. The summed E-state index contributed by atoms with van der Waals surface area (Å²) in [6.07, 6.45) is 1.43. The van der Waals surface area contributed by atoms with Crippen molar-refractivity contribution in [2.75, 3.05) is 0 Å². The van der Waals surface area contributed by atoms with Gasteiger partial charge in [-0.05, 0) is 36.1 Å². The molecule has 0 N–H and O–H groups in total. The summed E-state index contributed by atoms with van der Waals surface area (Å²) < 4.78 is 31.9. The molecule has 1 aliphatic rings. The fourth-order valence-corrected chi connectivity index (χ4v) is 2.41. The van der Waals surface area contributed by atoms with E-state index < -0.39 is 17.2 Å². The number of benzene rings is 2. The van der Waals surface area contributed by atoms with Crippen molar-refractivity contribution in [3.63, 3.8) is 0 Å². The zero-order valence-electron chi connectivity index (χ0n) is 12.0. The van der Waals surface area contributed by atoms with Crippen LogP contribution in [0.1, 0.15) is 24.0 Å². The number of carbonyl (C=O) groups is 1. The lowest BCUT2D eigenvalue weighted by Crippen LogP contribution is -2.28. The Hall–Kier alpha value is -2.07. The summed E-state index contributed by atoms with van der Waals surface area (Å²) in [6, 6.07) is 13.2. The van der Waals surface area contributed by atoms with Crippen molar-refractivity contribution in [2.24, 2.45) is 0 Å². The molecule has 2 nitrogen and oxygen atoms in total. The number of ketones is 1. The number of halogens is 2. The van der Waals surface area contributed by atoms with Crippen molar-refractivity contribution < 1.29 is 18.3 Å². The number of ether oxygens (including phenoxy) is 1. The molecule has 0 radical (unpaired) electrons. The summed E-state index contributed by atoms with van der Waals surface area (Å²) in [5.41, 5.74) is 0.730. The van der Waals surface area contributed by atoms with Gasteiger partial charge in [-0.25, -0.2) is 8.78 Å². The molecule has 0 amide bonds. The van der Waals surface area contributed by atoms with Crippen LogP contribution in [0.15, 0.2) is 48.5 Å². The first kappa shape index (κ1) is 14.9. The highest BCUT2D eigenvalue weighted by molar-refractivity contribution is 5.91. The number of Topliss-reactive ketones (excluding diaryl/α,β-unsaturated/α-hetero) is 1. The minimum absolute atomic E-state index is 0.0615. The summed E-state index contributed by atoms with van der Waals surface area (Å²) in [5.74, 6) is -1.91. The van der Waals surface area contributed by atoms with Crippen LogP contribution in [0.4, 0.5) is 8.78 Å². The zero-order chi connectivity index (χ0) is 15.6. The van der Waals surface area contributed by atoms with Crippen LogP contribution in [0, 0.1) is 11.6 Å². The van der Waals surface area contributed by atoms with Gasteiger partial charge in [0.15, 0.2) is 17.4 Å². The molecular weight excluding hydrogens is 286 g/mol. The molecule has 0 aliphatic heterocycles. The summed E-state index contributed by atoms with van der Waals surface area (Å²) in [4.78, 5) is 12.4. The first-order valence-electron chi connectivity index (χ1n) is 7.24. The molecule has 1 fully saturated rings. The molecule has 2 aromatic carbocycles. The van der Waals surface area contributed by atoms with Crippen LogP contribution in [0.25, 0.3) is 0 Å².